The van der Waals surface area contributed by atoms with E-state index in [-0.39, 0.29) is 24.5 Å². The first-order valence-corrected chi connectivity index (χ1v) is 13.8. The van der Waals surface area contributed by atoms with Gasteiger partial charge in [0.25, 0.3) is 0 Å². The van der Waals surface area contributed by atoms with Crippen LogP contribution in [0, 0.1) is 19.3 Å². The summed E-state index contributed by atoms with van der Waals surface area (Å²) in [6, 6.07) is 12.1. The summed E-state index contributed by atoms with van der Waals surface area (Å²) in [5, 5.41) is 8.48. The Balaban J connectivity index is 1.59. The summed E-state index contributed by atoms with van der Waals surface area (Å²) in [7, 11) is 3.16. The van der Waals surface area contributed by atoms with Gasteiger partial charge in [0.05, 0.1) is 23.7 Å². The third-order valence-electron chi connectivity index (χ3n) is 8.32. The van der Waals surface area contributed by atoms with Gasteiger partial charge in [0.2, 0.25) is 11.7 Å². The number of alkyl halides is 3. The number of hydrogen-bond acceptors (Lipinski definition) is 7. The number of nitrogens with one attached hydrogen (secondary N) is 1. The molecule has 0 fully saturated rings. The van der Waals surface area contributed by atoms with Crippen LogP contribution in [0.25, 0.3) is 11.0 Å². The lowest BCUT2D eigenvalue weighted by Crippen LogP contribution is -2.42. The second-order valence-corrected chi connectivity index (χ2v) is 11.7. The number of methoxy groups -OCH3 is 1. The normalized spacial score (nSPS) is 16.8. The predicted molar refractivity (Wildman–Crippen MR) is 154 cm³/mol. The van der Waals surface area contributed by atoms with Crippen molar-refractivity contribution < 1.29 is 27.4 Å². The molecule has 2 aromatic heterocycles. The molecular formula is C31H34F3N5O4. The fourth-order valence-electron chi connectivity index (χ4n) is 5.95. The summed E-state index contributed by atoms with van der Waals surface area (Å²) >= 11 is 0. The maximum atomic E-state index is 14.0. The van der Waals surface area contributed by atoms with Crippen LogP contribution in [0.1, 0.15) is 53.3 Å². The molecule has 1 aliphatic rings. The van der Waals surface area contributed by atoms with Crippen LogP contribution < -0.4 is 10.3 Å². The van der Waals surface area contributed by atoms with E-state index in [4.69, 9.17) is 9.47 Å². The number of hydrogen-bond donors (Lipinski definition) is 1. The average molecular weight is 598 g/mol. The number of esters is 1. The molecule has 0 saturated carbocycles. The number of ether oxygens (including phenoxy) is 2. The number of carbonyl (C=O) groups excluding carboxylic acids is 1. The van der Waals surface area contributed by atoms with Crippen molar-refractivity contribution in [2.75, 3.05) is 13.7 Å². The number of rotatable bonds is 6. The summed E-state index contributed by atoms with van der Waals surface area (Å²) in [6.07, 6.45) is -6.69. The first-order chi connectivity index (χ1) is 20.2. The zero-order chi connectivity index (χ0) is 31.3. The summed E-state index contributed by atoms with van der Waals surface area (Å²) < 4.78 is 54.1. The zero-order valence-corrected chi connectivity index (χ0v) is 24.9. The van der Waals surface area contributed by atoms with Gasteiger partial charge in [-0.15, -0.1) is 5.10 Å². The molecule has 1 unspecified atom stereocenters. The number of nitrogens with zero attached hydrogens (tertiary/aromatic N) is 4. The molecule has 0 saturated heterocycles. The lowest BCUT2D eigenvalue weighted by atomic mass is 9.69. The number of aromatic nitrogens is 4. The number of aromatic amines is 1. The van der Waals surface area contributed by atoms with Crippen molar-refractivity contribution in [2.24, 2.45) is 12.5 Å². The molecule has 9 nitrogen and oxygen atoms in total. The van der Waals surface area contributed by atoms with Crippen LogP contribution >= 0.6 is 0 Å². The zero-order valence-electron chi connectivity index (χ0n) is 24.9. The predicted octanol–water partition coefficient (Wildman–Crippen LogP) is 4.93. The molecule has 4 aromatic rings. The van der Waals surface area contributed by atoms with Crippen molar-refractivity contribution in [1.82, 2.24) is 24.9 Å². The number of benzene rings is 2. The third kappa shape index (κ3) is 5.75. The van der Waals surface area contributed by atoms with Crippen LogP contribution in [0.2, 0.25) is 0 Å². The van der Waals surface area contributed by atoms with Crippen molar-refractivity contribution in [3.8, 4) is 5.75 Å². The van der Waals surface area contributed by atoms with Gasteiger partial charge in [-0.2, -0.15) is 13.2 Å². The van der Waals surface area contributed by atoms with E-state index in [1.165, 1.54) is 13.2 Å². The number of carbonyl (C=O) groups is 1. The quantitative estimate of drug-likeness (QED) is 0.315. The minimum Gasteiger partial charge on any atom is -0.478 e. The Morgan fingerprint density at radius 3 is 2.60 bits per heavy atom. The Bertz CT molecular complexity index is 1740. The first kappa shape index (κ1) is 30.3. The number of pyridine rings is 1. The van der Waals surface area contributed by atoms with E-state index in [1.54, 1.807) is 9.58 Å². The van der Waals surface area contributed by atoms with Gasteiger partial charge >= 0.3 is 12.1 Å². The highest BCUT2D eigenvalue weighted by molar-refractivity contribution is 5.82. The van der Waals surface area contributed by atoms with Crippen molar-refractivity contribution >= 4 is 17.0 Å². The molecule has 0 spiro atoms. The fraction of sp³-hybridized carbons (Fsp3) is 0.419. The molecule has 3 heterocycles. The summed E-state index contributed by atoms with van der Waals surface area (Å²) in [5.74, 6) is -0.876. The lowest BCUT2D eigenvalue weighted by Gasteiger charge is -2.34. The number of aryl methyl sites for hydroxylation is 3. The van der Waals surface area contributed by atoms with Gasteiger partial charge in [-0.05, 0) is 67.6 Å². The van der Waals surface area contributed by atoms with Crippen molar-refractivity contribution in [2.45, 2.75) is 59.0 Å². The average Bonchev–Trinajstić information content (AvgIpc) is 3.21. The van der Waals surface area contributed by atoms with Crippen molar-refractivity contribution in [3.05, 3.63) is 86.3 Å². The highest BCUT2D eigenvalue weighted by atomic mass is 19.4. The Morgan fingerprint density at radius 1 is 1.16 bits per heavy atom. The maximum absolute atomic E-state index is 14.0. The van der Waals surface area contributed by atoms with E-state index in [2.05, 4.69) is 15.3 Å². The molecule has 1 N–H and O–H groups in total. The topological polar surface area (TPSA) is 102 Å². The highest BCUT2D eigenvalue weighted by Gasteiger charge is 2.45. The number of H-pyrrole nitrogens is 1. The third-order valence-corrected chi connectivity index (χ3v) is 8.32. The van der Waals surface area contributed by atoms with Gasteiger partial charge in [-0.3, -0.25) is 14.5 Å². The monoisotopic (exact) mass is 597 g/mol. The van der Waals surface area contributed by atoms with Crippen molar-refractivity contribution in [1.29, 1.82) is 0 Å². The Labute approximate surface area is 246 Å². The molecule has 228 valence electrons. The summed E-state index contributed by atoms with van der Waals surface area (Å²) in [4.78, 5) is 29.4. The van der Waals surface area contributed by atoms with E-state index in [1.807, 2.05) is 65.1 Å². The molecule has 0 radical (unpaired) electrons. The van der Waals surface area contributed by atoms with Gasteiger partial charge in [0.1, 0.15) is 11.3 Å². The van der Waals surface area contributed by atoms with E-state index < -0.39 is 41.7 Å². The molecule has 2 aromatic carbocycles. The molecule has 5 rings (SSSR count). The number of halogens is 3. The second kappa shape index (κ2) is 11.1. The highest BCUT2D eigenvalue weighted by Crippen LogP contribution is 2.44. The van der Waals surface area contributed by atoms with Gasteiger partial charge in [0.15, 0.2) is 0 Å². The SMILES string of the molecule is COC(=O)C(C)(C)C(c1ccc(C)c(CN2Cc3[nH]c(=O)ccc3O[C@H](C(F)(F)F)C2)c1)c1ccc2c(nnn2C)c1C. The first-order valence-electron chi connectivity index (χ1n) is 13.8. The number of fused-ring (bicyclic) bond motifs is 2. The Kier molecular flexibility index (Phi) is 7.84. The Hall–Kier alpha value is -4.19. The van der Waals surface area contributed by atoms with Gasteiger partial charge < -0.3 is 14.5 Å². The standard InChI is InChI=1S/C31H34F3N5O4/c1-17-7-8-19(27(30(3,4)29(41)42-6)21-9-10-23-28(18(21)2)36-37-38(23)5)13-20(17)14-39-15-22-24(11-12-26(40)35-22)43-25(16-39)31(32,33)34/h7-13,25,27H,14-16H2,1-6H3,(H,35,40)/t25-,27?/m0/s1. The van der Waals surface area contributed by atoms with E-state index >= 15 is 0 Å². The smallest absolute Gasteiger partial charge is 0.426 e. The molecule has 0 aliphatic carbocycles. The molecular weight excluding hydrogens is 563 g/mol. The molecule has 12 heteroatoms. The van der Waals surface area contributed by atoms with Crippen LogP contribution in [0.3, 0.4) is 0 Å². The molecule has 0 bridgehead atoms. The van der Waals surface area contributed by atoms with E-state index in [0.717, 1.165) is 39.4 Å². The lowest BCUT2D eigenvalue weighted by molar-refractivity contribution is -0.198. The maximum Gasteiger partial charge on any atom is 0.426 e. The van der Waals surface area contributed by atoms with Crippen molar-refractivity contribution in [3.63, 3.8) is 0 Å². The van der Waals surface area contributed by atoms with E-state index in [9.17, 15) is 22.8 Å². The van der Waals surface area contributed by atoms with Crippen LogP contribution in [-0.4, -0.2) is 56.8 Å². The van der Waals surface area contributed by atoms with E-state index in [0.29, 0.717) is 5.52 Å². The molecule has 1 aliphatic heterocycles. The second-order valence-electron chi connectivity index (χ2n) is 11.7. The fourth-order valence-corrected chi connectivity index (χ4v) is 5.95. The molecule has 43 heavy (non-hydrogen) atoms. The Morgan fingerprint density at radius 2 is 1.91 bits per heavy atom. The largest absolute Gasteiger partial charge is 0.478 e. The molecule has 0 amide bonds. The van der Waals surface area contributed by atoms with Gasteiger partial charge in [0, 0.05) is 38.7 Å². The minimum atomic E-state index is -4.61. The van der Waals surface area contributed by atoms with Crippen LogP contribution in [0.5, 0.6) is 5.75 Å². The minimum absolute atomic E-state index is 0.00432. The van der Waals surface area contributed by atoms with Gasteiger partial charge in [-0.1, -0.05) is 29.5 Å². The summed E-state index contributed by atoms with van der Waals surface area (Å²) in [6.45, 7) is 7.24. The van der Waals surface area contributed by atoms with Crippen LogP contribution in [-0.2, 0) is 29.7 Å². The van der Waals surface area contributed by atoms with Crippen LogP contribution in [0.15, 0.2) is 47.3 Å². The van der Waals surface area contributed by atoms with Gasteiger partial charge in [-0.25, -0.2) is 4.68 Å². The summed E-state index contributed by atoms with van der Waals surface area (Å²) in [5.41, 5.74) is 4.60. The molecule has 2 atom stereocenters. The van der Waals surface area contributed by atoms with Crippen LogP contribution in [0.4, 0.5) is 13.2 Å².